The van der Waals surface area contributed by atoms with E-state index in [1.54, 1.807) is 48.5 Å². The molecule has 0 fully saturated rings. The lowest BCUT2D eigenvalue weighted by Crippen LogP contribution is -2.26. The number of amides is 3. The second-order valence-electron chi connectivity index (χ2n) is 5.80. The van der Waals surface area contributed by atoms with Crippen LogP contribution in [0.15, 0.2) is 78.9 Å². The zero-order valence-corrected chi connectivity index (χ0v) is 15.2. The maximum Gasteiger partial charge on any atom is 0.323 e. The number of hydrogen-bond donors (Lipinski definition) is 3. The van der Waals surface area contributed by atoms with Crippen molar-refractivity contribution in [1.82, 2.24) is 5.32 Å². The van der Waals surface area contributed by atoms with E-state index in [1.165, 1.54) is 0 Å². The Morgan fingerprint density at radius 2 is 1.44 bits per heavy atom. The Bertz CT molecular complexity index is 928. The summed E-state index contributed by atoms with van der Waals surface area (Å²) in [5.41, 5.74) is 2.41. The number of urea groups is 1. The molecule has 0 atom stereocenters. The third-order valence-electron chi connectivity index (χ3n) is 3.82. The van der Waals surface area contributed by atoms with Crippen LogP contribution >= 0.6 is 11.6 Å². The molecule has 0 saturated carbocycles. The molecule has 27 heavy (non-hydrogen) atoms. The topological polar surface area (TPSA) is 70.2 Å². The lowest BCUT2D eigenvalue weighted by molar-refractivity contribution is 0.0952. The van der Waals surface area contributed by atoms with Crippen molar-refractivity contribution >= 4 is 34.9 Å². The Morgan fingerprint density at radius 3 is 2.19 bits per heavy atom. The molecule has 0 aliphatic rings. The van der Waals surface area contributed by atoms with Gasteiger partial charge in [0.1, 0.15) is 0 Å². The number of carbonyl (C=O) groups is 2. The summed E-state index contributed by atoms with van der Waals surface area (Å²) in [5, 5.41) is 8.85. The van der Waals surface area contributed by atoms with E-state index in [-0.39, 0.29) is 5.91 Å². The van der Waals surface area contributed by atoms with Crippen molar-refractivity contribution in [2.45, 2.75) is 6.54 Å². The zero-order chi connectivity index (χ0) is 19.1. The lowest BCUT2D eigenvalue weighted by atomic mass is 10.1. The quantitative estimate of drug-likeness (QED) is 0.589. The van der Waals surface area contributed by atoms with Crippen LogP contribution in [0.3, 0.4) is 0 Å². The summed E-state index contributed by atoms with van der Waals surface area (Å²) in [4.78, 5) is 24.8. The number of nitrogens with one attached hydrogen (secondary N) is 3. The highest BCUT2D eigenvalue weighted by Crippen LogP contribution is 2.17. The summed E-state index contributed by atoms with van der Waals surface area (Å²) in [6, 6.07) is 22.8. The van der Waals surface area contributed by atoms with Crippen LogP contribution in [0.2, 0.25) is 5.02 Å². The molecule has 3 aromatic carbocycles. The number of rotatable bonds is 5. The molecule has 0 aliphatic heterocycles. The van der Waals surface area contributed by atoms with E-state index in [0.29, 0.717) is 28.5 Å². The number of anilines is 2. The number of para-hydroxylation sites is 1. The first kappa shape index (κ1) is 18.5. The van der Waals surface area contributed by atoms with Crippen LogP contribution in [0.1, 0.15) is 15.9 Å². The molecule has 0 aromatic heterocycles. The largest absolute Gasteiger partial charge is 0.348 e. The van der Waals surface area contributed by atoms with Gasteiger partial charge in [0.25, 0.3) is 5.91 Å². The fourth-order valence-corrected chi connectivity index (χ4v) is 2.61. The van der Waals surface area contributed by atoms with Crippen molar-refractivity contribution in [2.24, 2.45) is 0 Å². The molecule has 0 unspecified atom stereocenters. The Balaban J connectivity index is 1.65. The second kappa shape index (κ2) is 8.87. The smallest absolute Gasteiger partial charge is 0.323 e. The van der Waals surface area contributed by atoms with Crippen molar-refractivity contribution in [3.05, 3.63) is 95.0 Å². The van der Waals surface area contributed by atoms with Gasteiger partial charge in [-0.1, -0.05) is 54.1 Å². The summed E-state index contributed by atoms with van der Waals surface area (Å²) >= 11 is 5.83. The van der Waals surface area contributed by atoms with Gasteiger partial charge in [-0.3, -0.25) is 4.79 Å². The first-order valence-corrected chi connectivity index (χ1v) is 8.74. The zero-order valence-electron chi connectivity index (χ0n) is 14.4. The predicted octanol–water partition coefficient (Wildman–Crippen LogP) is 4.91. The van der Waals surface area contributed by atoms with Crippen LogP contribution < -0.4 is 16.0 Å². The fraction of sp³-hybridized carbons (Fsp3) is 0.0476. The average molecular weight is 380 g/mol. The monoisotopic (exact) mass is 379 g/mol. The van der Waals surface area contributed by atoms with Gasteiger partial charge >= 0.3 is 6.03 Å². The second-order valence-corrected chi connectivity index (χ2v) is 6.24. The number of carbonyl (C=O) groups excluding carboxylic acids is 2. The van der Waals surface area contributed by atoms with Crippen molar-refractivity contribution in [3.8, 4) is 0 Å². The van der Waals surface area contributed by atoms with Gasteiger partial charge in [0, 0.05) is 17.3 Å². The molecule has 3 N–H and O–H groups in total. The van der Waals surface area contributed by atoms with Gasteiger partial charge in [0.2, 0.25) is 0 Å². The number of benzene rings is 3. The third kappa shape index (κ3) is 5.33. The molecule has 3 amide bonds. The van der Waals surface area contributed by atoms with E-state index in [9.17, 15) is 9.59 Å². The van der Waals surface area contributed by atoms with Crippen LogP contribution in [0, 0.1) is 0 Å². The van der Waals surface area contributed by atoms with Crippen LogP contribution in [0.4, 0.5) is 16.2 Å². The van der Waals surface area contributed by atoms with E-state index in [1.807, 2.05) is 30.3 Å². The molecule has 3 rings (SSSR count). The summed E-state index contributed by atoms with van der Waals surface area (Å²) < 4.78 is 0. The SMILES string of the molecule is O=C(Nc1ccc(Cl)cc1)Nc1ccccc1C(=O)NCc1ccccc1. The molecule has 0 bridgehead atoms. The Kier molecular flexibility index (Phi) is 6.07. The van der Waals surface area contributed by atoms with Gasteiger partial charge in [-0.2, -0.15) is 0 Å². The Morgan fingerprint density at radius 1 is 0.778 bits per heavy atom. The van der Waals surface area contributed by atoms with Crippen LogP contribution in [0.25, 0.3) is 0 Å². The normalized spacial score (nSPS) is 10.1. The fourth-order valence-electron chi connectivity index (χ4n) is 2.48. The molecule has 3 aromatic rings. The Labute approximate surface area is 162 Å². The molecule has 6 heteroatoms. The van der Waals surface area contributed by atoms with E-state index in [4.69, 9.17) is 11.6 Å². The van der Waals surface area contributed by atoms with E-state index in [0.717, 1.165) is 5.56 Å². The number of hydrogen-bond acceptors (Lipinski definition) is 2. The van der Waals surface area contributed by atoms with Gasteiger partial charge in [-0.15, -0.1) is 0 Å². The maximum atomic E-state index is 12.5. The molecule has 136 valence electrons. The van der Waals surface area contributed by atoms with E-state index in [2.05, 4.69) is 16.0 Å². The molecule has 0 spiro atoms. The minimum Gasteiger partial charge on any atom is -0.348 e. The highest BCUT2D eigenvalue weighted by atomic mass is 35.5. The lowest BCUT2D eigenvalue weighted by Gasteiger charge is -2.12. The summed E-state index contributed by atoms with van der Waals surface area (Å²) in [7, 11) is 0. The van der Waals surface area contributed by atoms with Gasteiger partial charge in [-0.25, -0.2) is 4.79 Å². The molecule has 0 saturated heterocycles. The van der Waals surface area contributed by atoms with Gasteiger partial charge in [-0.05, 0) is 42.0 Å². The van der Waals surface area contributed by atoms with Crippen molar-refractivity contribution in [1.29, 1.82) is 0 Å². The third-order valence-corrected chi connectivity index (χ3v) is 4.07. The maximum absolute atomic E-state index is 12.5. The van der Waals surface area contributed by atoms with Crippen molar-refractivity contribution in [2.75, 3.05) is 10.6 Å². The van der Waals surface area contributed by atoms with E-state index >= 15 is 0 Å². The Hall–Kier alpha value is -3.31. The van der Waals surface area contributed by atoms with Gasteiger partial charge < -0.3 is 16.0 Å². The van der Waals surface area contributed by atoms with Gasteiger partial charge in [0.05, 0.1) is 11.3 Å². The first-order valence-electron chi connectivity index (χ1n) is 8.36. The van der Waals surface area contributed by atoms with Crippen LogP contribution in [0.5, 0.6) is 0 Å². The van der Waals surface area contributed by atoms with Crippen LogP contribution in [-0.2, 0) is 6.54 Å². The number of halogens is 1. The molecule has 0 heterocycles. The minimum absolute atomic E-state index is 0.263. The van der Waals surface area contributed by atoms with Crippen LogP contribution in [-0.4, -0.2) is 11.9 Å². The van der Waals surface area contributed by atoms with Crippen molar-refractivity contribution in [3.63, 3.8) is 0 Å². The standard InChI is InChI=1S/C21H18ClN3O2/c22-16-10-12-17(13-11-16)24-21(27)25-19-9-5-4-8-18(19)20(26)23-14-15-6-2-1-3-7-15/h1-13H,14H2,(H,23,26)(H2,24,25,27). The molecule has 0 aliphatic carbocycles. The summed E-state index contributed by atoms with van der Waals surface area (Å²) in [5.74, 6) is -0.263. The van der Waals surface area contributed by atoms with E-state index < -0.39 is 6.03 Å². The molecular formula is C21H18ClN3O2. The highest BCUT2D eigenvalue weighted by Gasteiger charge is 2.13. The predicted molar refractivity (Wildman–Crippen MR) is 108 cm³/mol. The molecular weight excluding hydrogens is 362 g/mol. The summed E-state index contributed by atoms with van der Waals surface area (Å²) in [6.45, 7) is 0.408. The minimum atomic E-state index is -0.444. The van der Waals surface area contributed by atoms with Crippen molar-refractivity contribution < 1.29 is 9.59 Å². The van der Waals surface area contributed by atoms with Gasteiger partial charge in [0.15, 0.2) is 0 Å². The average Bonchev–Trinajstić information content (AvgIpc) is 2.69. The molecule has 5 nitrogen and oxygen atoms in total. The molecule has 0 radical (unpaired) electrons. The highest BCUT2D eigenvalue weighted by molar-refractivity contribution is 6.30. The first-order chi connectivity index (χ1) is 13.1. The summed E-state index contributed by atoms with van der Waals surface area (Å²) in [6.07, 6.45) is 0.